The Morgan fingerprint density at radius 3 is 2.40 bits per heavy atom. The van der Waals surface area contributed by atoms with E-state index in [1.807, 2.05) is 20.8 Å². The van der Waals surface area contributed by atoms with Crippen LogP contribution in [0, 0.1) is 23.7 Å². The summed E-state index contributed by atoms with van der Waals surface area (Å²) in [6.07, 6.45) is 1.16. The summed E-state index contributed by atoms with van der Waals surface area (Å²) in [5, 5.41) is 0. The van der Waals surface area contributed by atoms with E-state index in [0.717, 1.165) is 6.42 Å². The van der Waals surface area contributed by atoms with E-state index in [0.29, 0.717) is 12.3 Å². The Labute approximate surface area is 152 Å². The SMILES string of the molecule is CC[C@@H](C)[C@@H](OCOC)[C@@H](C)C[C@@H](C)C(=O)N1C(=O)OC[C@@H]1C(C)C. The lowest BCUT2D eigenvalue weighted by atomic mass is 9.85. The van der Waals surface area contributed by atoms with Gasteiger partial charge in [-0.2, -0.15) is 0 Å². The molecular weight excluding hydrogens is 322 g/mol. The highest BCUT2D eigenvalue weighted by Gasteiger charge is 2.41. The van der Waals surface area contributed by atoms with Crippen molar-refractivity contribution in [1.82, 2.24) is 4.90 Å². The van der Waals surface area contributed by atoms with Gasteiger partial charge in [0.25, 0.3) is 0 Å². The zero-order valence-corrected chi connectivity index (χ0v) is 16.8. The highest BCUT2D eigenvalue weighted by atomic mass is 16.7. The molecule has 6 nitrogen and oxygen atoms in total. The van der Waals surface area contributed by atoms with Crippen LogP contribution in [0.15, 0.2) is 0 Å². The average Bonchev–Trinajstić information content (AvgIpc) is 2.95. The van der Waals surface area contributed by atoms with Crippen LogP contribution in [-0.2, 0) is 19.0 Å². The zero-order chi connectivity index (χ0) is 19.1. The summed E-state index contributed by atoms with van der Waals surface area (Å²) in [5.41, 5.74) is 0. The normalized spacial score (nSPS) is 22.6. The van der Waals surface area contributed by atoms with Gasteiger partial charge in [-0.1, -0.05) is 48.0 Å². The Morgan fingerprint density at radius 2 is 1.88 bits per heavy atom. The summed E-state index contributed by atoms with van der Waals surface area (Å²) in [5.74, 6) is 0.313. The Bertz CT molecular complexity index is 440. The van der Waals surface area contributed by atoms with Gasteiger partial charge >= 0.3 is 6.09 Å². The van der Waals surface area contributed by atoms with Crippen LogP contribution >= 0.6 is 0 Å². The number of cyclic esters (lactones) is 1. The van der Waals surface area contributed by atoms with Gasteiger partial charge in [-0.3, -0.25) is 4.79 Å². The molecule has 0 aromatic rings. The van der Waals surface area contributed by atoms with Crippen LogP contribution in [0.25, 0.3) is 0 Å². The fourth-order valence-corrected chi connectivity index (χ4v) is 3.48. The topological polar surface area (TPSA) is 65.1 Å². The van der Waals surface area contributed by atoms with Gasteiger partial charge in [0.15, 0.2) is 0 Å². The minimum Gasteiger partial charge on any atom is -0.447 e. The van der Waals surface area contributed by atoms with Gasteiger partial charge in [-0.15, -0.1) is 0 Å². The molecule has 1 aliphatic rings. The largest absolute Gasteiger partial charge is 0.447 e. The van der Waals surface area contributed by atoms with Crippen molar-refractivity contribution in [3.8, 4) is 0 Å². The molecule has 0 unspecified atom stereocenters. The quantitative estimate of drug-likeness (QED) is 0.558. The van der Waals surface area contributed by atoms with Crippen LogP contribution in [-0.4, -0.2) is 49.6 Å². The average molecular weight is 357 g/mol. The molecule has 0 N–H and O–H groups in total. The highest BCUT2D eigenvalue weighted by Crippen LogP contribution is 2.28. The number of carbonyl (C=O) groups excluding carboxylic acids is 2. The van der Waals surface area contributed by atoms with Crippen LogP contribution in [0.5, 0.6) is 0 Å². The van der Waals surface area contributed by atoms with E-state index in [9.17, 15) is 9.59 Å². The van der Waals surface area contributed by atoms with Crippen LogP contribution < -0.4 is 0 Å². The first-order chi connectivity index (χ1) is 11.7. The lowest BCUT2D eigenvalue weighted by Crippen LogP contribution is -2.45. The number of nitrogens with zero attached hydrogens (tertiary/aromatic N) is 1. The van der Waals surface area contributed by atoms with E-state index in [1.165, 1.54) is 4.90 Å². The number of hydrogen-bond donors (Lipinski definition) is 0. The molecule has 146 valence electrons. The molecule has 5 atom stereocenters. The fraction of sp³-hybridized carbons (Fsp3) is 0.895. The predicted molar refractivity (Wildman–Crippen MR) is 96.0 cm³/mol. The third-order valence-corrected chi connectivity index (χ3v) is 5.20. The molecule has 0 saturated carbocycles. The number of rotatable bonds is 10. The van der Waals surface area contributed by atoms with Gasteiger partial charge in [0.05, 0.1) is 12.1 Å². The van der Waals surface area contributed by atoms with Crippen molar-refractivity contribution in [2.45, 2.75) is 66.5 Å². The first kappa shape index (κ1) is 21.9. The van der Waals surface area contributed by atoms with Gasteiger partial charge in [-0.05, 0) is 24.2 Å². The molecule has 1 heterocycles. The number of imide groups is 1. The minimum atomic E-state index is -0.516. The molecule has 1 saturated heterocycles. The Balaban J connectivity index is 2.75. The summed E-state index contributed by atoms with van der Waals surface area (Å²) in [6, 6.07) is -0.173. The highest BCUT2D eigenvalue weighted by molar-refractivity contribution is 5.94. The van der Waals surface area contributed by atoms with Crippen molar-refractivity contribution < 1.29 is 23.8 Å². The van der Waals surface area contributed by atoms with Crippen molar-refractivity contribution >= 4 is 12.0 Å². The van der Waals surface area contributed by atoms with Crippen molar-refractivity contribution in [3.05, 3.63) is 0 Å². The molecule has 2 amide bonds. The molecule has 1 aliphatic heterocycles. The maximum Gasteiger partial charge on any atom is 0.416 e. The summed E-state index contributed by atoms with van der Waals surface area (Å²) in [4.78, 5) is 26.1. The summed E-state index contributed by atoms with van der Waals surface area (Å²) in [6.45, 7) is 12.8. The molecule has 0 radical (unpaired) electrons. The maximum atomic E-state index is 12.8. The summed E-state index contributed by atoms with van der Waals surface area (Å²) >= 11 is 0. The molecule has 25 heavy (non-hydrogen) atoms. The van der Waals surface area contributed by atoms with Gasteiger partial charge in [-0.25, -0.2) is 9.69 Å². The van der Waals surface area contributed by atoms with E-state index in [-0.39, 0.29) is 49.2 Å². The lowest BCUT2D eigenvalue weighted by molar-refractivity contribution is -0.136. The molecule has 1 fully saturated rings. The van der Waals surface area contributed by atoms with Crippen molar-refractivity contribution in [1.29, 1.82) is 0 Å². The molecule has 0 aromatic carbocycles. The monoisotopic (exact) mass is 357 g/mol. The van der Waals surface area contributed by atoms with E-state index < -0.39 is 6.09 Å². The van der Waals surface area contributed by atoms with Gasteiger partial charge < -0.3 is 14.2 Å². The maximum absolute atomic E-state index is 12.8. The second-order valence-electron chi connectivity index (χ2n) is 7.63. The first-order valence-electron chi connectivity index (χ1n) is 9.34. The predicted octanol–water partition coefficient (Wildman–Crippen LogP) is 3.69. The second-order valence-corrected chi connectivity index (χ2v) is 7.63. The molecule has 6 heteroatoms. The molecule has 0 spiro atoms. The number of amides is 2. The second kappa shape index (κ2) is 10.1. The van der Waals surface area contributed by atoms with Gasteiger partial charge in [0.2, 0.25) is 5.91 Å². The zero-order valence-electron chi connectivity index (χ0n) is 16.8. The standard InChI is InChI=1S/C19H35NO5/c1-8-13(4)17(25-11-23-7)14(5)9-15(6)18(21)20-16(12(2)3)10-24-19(20)22/h12-17H,8-11H2,1-7H3/t13-,14+,15-,16-,17-/m1/s1. The number of carbonyl (C=O) groups is 2. The van der Waals surface area contributed by atoms with Crippen LogP contribution in [0.4, 0.5) is 4.79 Å². The third-order valence-electron chi connectivity index (χ3n) is 5.20. The minimum absolute atomic E-state index is 0.0200. The number of ether oxygens (including phenoxy) is 3. The van der Waals surface area contributed by atoms with Crippen LogP contribution in [0.3, 0.4) is 0 Å². The Hall–Kier alpha value is -1.14. The van der Waals surface area contributed by atoms with E-state index in [4.69, 9.17) is 14.2 Å². The van der Waals surface area contributed by atoms with Crippen LogP contribution in [0.2, 0.25) is 0 Å². The molecule has 0 aromatic heterocycles. The number of hydrogen-bond acceptors (Lipinski definition) is 5. The Morgan fingerprint density at radius 1 is 1.24 bits per heavy atom. The van der Waals surface area contributed by atoms with Gasteiger partial charge in [0.1, 0.15) is 13.4 Å². The lowest BCUT2D eigenvalue weighted by Gasteiger charge is -2.31. The van der Waals surface area contributed by atoms with Crippen molar-refractivity contribution in [3.63, 3.8) is 0 Å². The summed E-state index contributed by atoms with van der Waals surface area (Å²) in [7, 11) is 1.61. The molecular formula is C19H35NO5. The van der Waals surface area contributed by atoms with Crippen LogP contribution in [0.1, 0.15) is 54.4 Å². The fourth-order valence-electron chi connectivity index (χ4n) is 3.48. The van der Waals surface area contributed by atoms with E-state index in [2.05, 4.69) is 20.8 Å². The number of methoxy groups -OCH3 is 1. The first-order valence-corrected chi connectivity index (χ1v) is 9.34. The third kappa shape index (κ3) is 5.68. The van der Waals surface area contributed by atoms with Crippen molar-refractivity contribution in [2.24, 2.45) is 23.7 Å². The van der Waals surface area contributed by atoms with E-state index in [1.54, 1.807) is 7.11 Å². The Kier molecular flexibility index (Phi) is 8.86. The summed E-state index contributed by atoms with van der Waals surface area (Å²) < 4.78 is 16.0. The van der Waals surface area contributed by atoms with Crippen molar-refractivity contribution in [2.75, 3.05) is 20.5 Å². The van der Waals surface area contributed by atoms with Gasteiger partial charge in [0, 0.05) is 13.0 Å². The molecule has 0 bridgehead atoms. The molecule has 1 rings (SSSR count). The smallest absolute Gasteiger partial charge is 0.416 e. The molecule has 0 aliphatic carbocycles. The van der Waals surface area contributed by atoms with E-state index >= 15 is 0 Å².